The lowest BCUT2D eigenvalue weighted by Crippen LogP contribution is -2.25. The fourth-order valence-corrected chi connectivity index (χ4v) is 11.1. The Hall–Kier alpha value is -7.68. The van der Waals surface area contributed by atoms with E-state index in [1.54, 1.807) is 0 Å². The van der Waals surface area contributed by atoms with Crippen molar-refractivity contribution < 1.29 is 9.15 Å². The van der Waals surface area contributed by atoms with E-state index < -0.39 is 5.41 Å². The van der Waals surface area contributed by atoms with E-state index in [0.29, 0.717) is 0 Å². The molecule has 2 aliphatic carbocycles. The molecule has 0 fully saturated rings. The molecule has 11 aromatic rings. The third-order valence-electron chi connectivity index (χ3n) is 13.5. The first kappa shape index (κ1) is 31.4. The monoisotopic (exact) mass is 748 g/mol. The van der Waals surface area contributed by atoms with Gasteiger partial charge >= 0.3 is 0 Å². The minimum atomic E-state index is -0.485. The minimum absolute atomic E-state index is 0.485. The zero-order chi connectivity index (χ0) is 38.4. The molecule has 1 aromatic heterocycles. The minimum Gasteiger partial charge on any atom is -0.456 e. The quantitative estimate of drug-likeness (QED) is 0.176. The molecule has 0 amide bonds. The molecule has 59 heavy (non-hydrogen) atoms. The van der Waals surface area contributed by atoms with E-state index in [-0.39, 0.29) is 0 Å². The van der Waals surface area contributed by atoms with Crippen molar-refractivity contribution in [3.05, 3.63) is 216 Å². The molecule has 10 aromatic carbocycles. The number of para-hydroxylation sites is 2. The number of benzene rings is 10. The normalized spacial score (nSPS) is 13.7. The van der Waals surface area contributed by atoms with Crippen molar-refractivity contribution >= 4 is 43.5 Å². The number of rotatable bonds is 2. The van der Waals surface area contributed by atoms with E-state index in [1.807, 2.05) is 18.2 Å². The summed E-state index contributed by atoms with van der Waals surface area (Å²) >= 11 is 0. The van der Waals surface area contributed by atoms with Crippen LogP contribution in [0.25, 0.3) is 99.1 Å². The molecule has 3 aliphatic rings. The van der Waals surface area contributed by atoms with Gasteiger partial charge < -0.3 is 9.15 Å². The van der Waals surface area contributed by atoms with Gasteiger partial charge in [0.25, 0.3) is 0 Å². The fraction of sp³-hybridized carbons (Fsp3) is 0.0175. The van der Waals surface area contributed by atoms with Crippen molar-refractivity contribution in [1.82, 2.24) is 0 Å². The van der Waals surface area contributed by atoms with Gasteiger partial charge in [-0.1, -0.05) is 146 Å². The van der Waals surface area contributed by atoms with Gasteiger partial charge in [0.1, 0.15) is 22.7 Å². The molecule has 0 saturated carbocycles. The molecule has 0 unspecified atom stereocenters. The van der Waals surface area contributed by atoms with E-state index in [9.17, 15) is 0 Å². The van der Waals surface area contributed by atoms with Crippen LogP contribution in [0.4, 0.5) is 0 Å². The summed E-state index contributed by atoms with van der Waals surface area (Å²) in [6.45, 7) is 0. The number of hydrogen-bond donors (Lipinski definition) is 0. The van der Waals surface area contributed by atoms with Crippen LogP contribution in [0.5, 0.6) is 11.5 Å². The molecule has 0 radical (unpaired) electrons. The molecule has 272 valence electrons. The van der Waals surface area contributed by atoms with Gasteiger partial charge in [-0.05, 0) is 137 Å². The number of ether oxygens (including phenoxy) is 1. The van der Waals surface area contributed by atoms with Crippen molar-refractivity contribution in [2.75, 3.05) is 0 Å². The maximum atomic E-state index is 6.52. The lowest BCUT2D eigenvalue weighted by atomic mass is 9.70. The summed E-state index contributed by atoms with van der Waals surface area (Å²) in [6, 6.07) is 71.5. The summed E-state index contributed by atoms with van der Waals surface area (Å²) in [5, 5.41) is 7.12. The fourth-order valence-electron chi connectivity index (χ4n) is 11.1. The Balaban J connectivity index is 1.04. The highest BCUT2D eigenvalue weighted by atomic mass is 16.5. The second-order valence-corrected chi connectivity index (χ2v) is 16.3. The average molecular weight is 749 g/mol. The van der Waals surface area contributed by atoms with E-state index in [0.717, 1.165) is 39.0 Å². The second kappa shape index (κ2) is 11.2. The first-order valence-electron chi connectivity index (χ1n) is 20.4. The van der Waals surface area contributed by atoms with Gasteiger partial charge in [0.15, 0.2) is 0 Å². The maximum absolute atomic E-state index is 6.52. The second-order valence-electron chi connectivity index (χ2n) is 16.3. The molecule has 0 bridgehead atoms. The summed E-state index contributed by atoms with van der Waals surface area (Å²) in [7, 11) is 0. The van der Waals surface area contributed by atoms with Crippen LogP contribution in [0.3, 0.4) is 0 Å². The van der Waals surface area contributed by atoms with Gasteiger partial charge in [0, 0.05) is 21.7 Å². The van der Waals surface area contributed by atoms with Crippen molar-refractivity contribution in [3.8, 4) is 67.1 Å². The first-order valence-corrected chi connectivity index (χ1v) is 20.4. The molecule has 1 aliphatic heterocycles. The molecule has 14 rings (SSSR count). The third-order valence-corrected chi connectivity index (χ3v) is 13.5. The standard InChI is InChI=1S/C57H32O2/c1-5-19-48-38(12-1)39-13-2-6-20-49(39)57(48)50-31-35(37-26-28-55-56-43(37)17-10-18-44(56)41-14-3-7-21-52(41)59-55)23-25-40(50)46-32-45-33(30-51(46)57)11-9-16-36(45)34-24-27-54-47(29-34)42-15-4-8-22-53(42)58-54/h1-32H. The summed E-state index contributed by atoms with van der Waals surface area (Å²) < 4.78 is 12.8. The van der Waals surface area contributed by atoms with Crippen LogP contribution in [0.15, 0.2) is 199 Å². The number of hydrogen-bond acceptors (Lipinski definition) is 2. The summed E-state index contributed by atoms with van der Waals surface area (Å²) in [5.74, 6) is 1.81. The van der Waals surface area contributed by atoms with Crippen LogP contribution in [-0.2, 0) is 5.41 Å². The average Bonchev–Trinajstić information content (AvgIpc) is 3.91. The summed E-state index contributed by atoms with van der Waals surface area (Å²) in [6.07, 6.45) is 0. The van der Waals surface area contributed by atoms with Crippen LogP contribution in [0.2, 0.25) is 0 Å². The molecule has 2 heterocycles. The molecule has 0 atom stereocenters. The highest BCUT2D eigenvalue weighted by molar-refractivity contribution is 6.12. The van der Waals surface area contributed by atoms with Crippen LogP contribution < -0.4 is 4.74 Å². The van der Waals surface area contributed by atoms with Gasteiger partial charge in [-0.15, -0.1) is 0 Å². The van der Waals surface area contributed by atoms with E-state index >= 15 is 0 Å². The summed E-state index contributed by atoms with van der Waals surface area (Å²) in [5.41, 5.74) is 19.0. The number of furan rings is 1. The van der Waals surface area contributed by atoms with E-state index in [4.69, 9.17) is 9.15 Å². The summed E-state index contributed by atoms with van der Waals surface area (Å²) in [4.78, 5) is 0. The van der Waals surface area contributed by atoms with Crippen LogP contribution >= 0.6 is 0 Å². The smallest absolute Gasteiger partial charge is 0.135 e. The Kier molecular flexibility index (Phi) is 5.99. The Labute approximate surface area is 340 Å². The van der Waals surface area contributed by atoms with Crippen molar-refractivity contribution in [2.24, 2.45) is 0 Å². The van der Waals surface area contributed by atoms with Crippen molar-refractivity contribution in [1.29, 1.82) is 0 Å². The Morgan fingerprint density at radius 2 is 0.915 bits per heavy atom. The van der Waals surface area contributed by atoms with E-state index in [2.05, 4.69) is 176 Å². The van der Waals surface area contributed by atoms with Gasteiger partial charge in [0.2, 0.25) is 0 Å². The Bertz CT molecular complexity index is 3610. The third kappa shape index (κ3) is 4.00. The molecule has 1 spiro atoms. The molecule has 2 heteroatoms. The van der Waals surface area contributed by atoms with Gasteiger partial charge in [-0.3, -0.25) is 0 Å². The predicted molar refractivity (Wildman–Crippen MR) is 241 cm³/mol. The van der Waals surface area contributed by atoms with Crippen molar-refractivity contribution in [3.63, 3.8) is 0 Å². The topological polar surface area (TPSA) is 22.4 Å². The van der Waals surface area contributed by atoms with Gasteiger partial charge in [-0.25, -0.2) is 0 Å². The van der Waals surface area contributed by atoms with Crippen LogP contribution in [0, 0.1) is 0 Å². The highest BCUT2D eigenvalue weighted by Crippen LogP contribution is 2.64. The molecule has 2 nitrogen and oxygen atoms in total. The zero-order valence-electron chi connectivity index (χ0n) is 31.8. The lowest BCUT2D eigenvalue weighted by molar-refractivity contribution is 0.487. The zero-order valence-corrected chi connectivity index (χ0v) is 31.8. The van der Waals surface area contributed by atoms with Gasteiger partial charge in [-0.2, -0.15) is 0 Å². The first-order chi connectivity index (χ1) is 29.2. The molecular weight excluding hydrogens is 717 g/mol. The predicted octanol–water partition coefficient (Wildman–Crippen LogP) is 15.3. The Morgan fingerprint density at radius 1 is 0.305 bits per heavy atom. The van der Waals surface area contributed by atoms with E-state index in [1.165, 1.54) is 93.9 Å². The van der Waals surface area contributed by atoms with Crippen molar-refractivity contribution in [2.45, 2.75) is 5.41 Å². The SMILES string of the molecule is c1ccc2c(c1)Oc1ccc(-c3ccc4c(c3)C3(c5ccccc5-c5ccccc53)c3cc5cccc(-c6ccc7oc8ccccc8c7c6)c5cc3-4)c3cccc-2c13. The lowest BCUT2D eigenvalue weighted by Gasteiger charge is -2.31. The van der Waals surface area contributed by atoms with Crippen LogP contribution in [0.1, 0.15) is 22.3 Å². The van der Waals surface area contributed by atoms with Gasteiger partial charge in [0.05, 0.1) is 5.41 Å². The van der Waals surface area contributed by atoms with Crippen LogP contribution in [-0.4, -0.2) is 0 Å². The largest absolute Gasteiger partial charge is 0.456 e. The molecule has 0 saturated heterocycles. The number of fused-ring (bicyclic) bond motifs is 16. The maximum Gasteiger partial charge on any atom is 0.135 e. The molecule has 0 N–H and O–H groups in total. The highest BCUT2D eigenvalue weighted by Gasteiger charge is 2.52. The Morgan fingerprint density at radius 3 is 1.80 bits per heavy atom. The molecular formula is C57H32O2.